The number of aryl methyl sites for hydroxylation is 2. The summed E-state index contributed by atoms with van der Waals surface area (Å²) in [5.74, 6) is 0.0181. The molecule has 3 heterocycles. The number of carbonyl (C=O) groups is 1. The first-order valence-corrected chi connectivity index (χ1v) is 8.48. The van der Waals surface area contributed by atoms with Crippen LogP contribution in [0.2, 0.25) is 0 Å². The molecule has 7 heteroatoms. The molecule has 1 aromatic carbocycles. The summed E-state index contributed by atoms with van der Waals surface area (Å²) in [7, 11) is 3.23. The molecule has 0 bridgehead atoms. The minimum atomic E-state index is -0.275. The third kappa shape index (κ3) is 3.27. The van der Waals surface area contributed by atoms with Gasteiger partial charge in [0.25, 0.3) is 5.91 Å². The Morgan fingerprint density at radius 2 is 2.04 bits per heavy atom. The Morgan fingerprint density at radius 3 is 2.85 bits per heavy atom. The summed E-state index contributed by atoms with van der Waals surface area (Å²) >= 11 is 0. The first-order chi connectivity index (χ1) is 13.0. The number of nitrogens with zero attached hydrogens (tertiary/aromatic N) is 4. The maximum Gasteiger partial charge on any atom is 0.262 e. The number of hydrogen-bond donors (Lipinski definition) is 1. The van der Waals surface area contributed by atoms with Crippen LogP contribution in [0.4, 0.5) is 5.69 Å². The molecule has 1 N–H and O–H groups in total. The maximum atomic E-state index is 12.6. The van der Waals surface area contributed by atoms with Gasteiger partial charge in [-0.15, -0.1) is 5.10 Å². The number of hydrogen-bond acceptors (Lipinski definition) is 4. The predicted octanol–water partition coefficient (Wildman–Crippen LogP) is 3.30. The van der Waals surface area contributed by atoms with Gasteiger partial charge in [-0.3, -0.25) is 9.48 Å². The zero-order chi connectivity index (χ0) is 19.0. The SMILES string of the molecule is COc1nn(C)cc1C(=O)Nc1cccc(-c2cn3ccc(C)cc3n2)c1. The Morgan fingerprint density at radius 1 is 1.19 bits per heavy atom. The number of anilines is 1. The van der Waals surface area contributed by atoms with Crippen LogP contribution in [-0.2, 0) is 7.05 Å². The molecule has 7 nitrogen and oxygen atoms in total. The van der Waals surface area contributed by atoms with Crippen LogP contribution in [0.5, 0.6) is 5.88 Å². The lowest BCUT2D eigenvalue weighted by molar-refractivity contribution is 0.102. The van der Waals surface area contributed by atoms with Crippen LogP contribution in [-0.4, -0.2) is 32.2 Å². The minimum Gasteiger partial charge on any atom is -0.479 e. The molecule has 0 fully saturated rings. The van der Waals surface area contributed by atoms with Crippen LogP contribution in [0.15, 0.2) is 55.0 Å². The summed E-state index contributed by atoms with van der Waals surface area (Å²) < 4.78 is 8.68. The Kier molecular flexibility index (Phi) is 4.12. The van der Waals surface area contributed by atoms with Crippen LogP contribution < -0.4 is 10.1 Å². The van der Waals surface area contributed by atoms with Gasteiger partial charge in [0.1, 0.15) is 11.2 Å². The van der Waals surface area contributed by atoms with E-state index in [-0.39, 0.29) is 5.91 Å². The summed E-state index contributed by atoms with van der Waals surface area (Å²) in [4.78, 5) is 17.2. The van der Waals surface area contributed by atoms with E-state index in [0.29, 0.717) is 17.1 Å². The quantitative estimate of drug-likeness (QED) is 0.605. The van der Waals surface area contributed by atoms with Crippen LogP contribution >= 0.6 is 0 Å². The molecule has 0 unspecified atom stereocenters. The Hall–Kier alpha value is -3.61. The van der Waals surface area contributed by atoms with Crippen LogP contribution in [0.3, 0.4) is 0 Å². The van der Waals surface area contributed by atoms with E-state index in [2.05, 4.69) is 15.4 Å². The van der Waals surface area contributed by atoms with Crippen molar-refractivity contribution in [1.82, 2.24) is 19.2 Å². The highest BCUT2D eigenvalue weighted by molar-refractivity contribution is 6.06. The van der Waals surface area contributed by atoms with Crippen LogP contribution in [0.25, 0.3) is 16.9 Å². The molecule has 0 saturated heterocycles. The van der Waals surface area contributed by atoms with Crippen molar-refractivity contribution in [3.63, 3.8) is 0 Å². The highest BCUT2D eigenvalue weighted by Crippen LogP contribution is 2.24. The molecule has 4 rings (SSSR count). The second-order valence-corrected chi connectivity index (χ2v) is 6.36. The number of nitrogens with one attached hydrogen (secondary N) is 1. The van der Waals surface area contributed by atoms with E-state index in [1.54, 1.807) is 17.9 Å². The number of fused-ring (bicyclic) bond motifs is 1. The smallest absolute Gasteiger partial charge is 0.262 e. The molecule has 0 aliphatic rings. The van der Waals surface area contributed by atoms with Gasteiger partial charge in [0.15, 0.2) is 0 Å². The Bertz CT molecular complexity index is 1140. The van der Waals surface area contributed by atoms with Gasteiger partial charge in [-0.05, 0) is 36.8 Å². The fourth-order valence-electron chi connectivity index (χ4n) is 2.95. The maximum absolute atomic E-state index is 12.6. The number of amides is 1. The van der Waals surface area contributed by atoms with Crippen molar-refractivity contribution in [3.05, 3.63) is 66.1 Å². The number of pyridine rings is 1. The lowest BCUT2D eigenvalue weighted by atomic mass is 10.1. The second-order valence-electron chi connectivity index (χ2n) is 6.36. The molecule has 0 radical (unpaired) electrons. The van der Waals surface area contributed by atoms with E-state index in [9.17, 15) is 4.79 Å². The zero-order valence-corrected chi connectivity index (χ0v) is 15.3. The average Bonchev–Trinajstić information content (AvgIpc) is 3.24. The van der Waals surface area contributed by atoms with Crippen molar-refractivity contribution in [2.45, 2.75) is 6.92 Å². The fraction of sp³-hybridized carbons (Fsp3) is 0.150. The number of rotatable bonds is 4. The Labute approximate surface area is 156 Å². The highest BCUT2D eigenvalue weighted by Gasteiger charge is 2.16. The van der Waals surface area contributed by atoms with E-state index in [4.69, 9.17) is 4.74 Å². The number of imidazole rings is 1. The minimum absolute atomic E-state index is 0.275. The van der Waals surface area contributed by atoms with Gasteiger partial charge in [0.05, 0.1) is 12.8 Å². The molecule has 0 atom stereocenters. The summed E-state index contributed by atoms with van der Waals surface area (Å²) in [6.45, 7) is 2.04. The van der Waals surface area contributed by atoms with Crippen molar-refractivity contribution >= 4 is 17.2 Å². The monoisotopic (exact) mass is 361 g/mol. The highest BCUT2D eigenvalue weighted by atomic mass is 16.5. The molecule has 0 aliphatic heterocycles. The zero-order valence-electron chi connectivity index (χ0n) is 15.3. The van der Waals surface area contributed by atoms with Crippen molar-refractivity contribution in [3.8, 4) is 17.1 Å². The van der Waals surface area contributed by atoms with E-state index in [0.717, 1.165) is 22.5 Å². The van der Waals surface area contributed by atoms with Gasteiger partial charge < -0.3 is 14.5 Å². The molecule has 4 aromatic rings. The van der Waals surface area contributed by atoms with Crippen molar-refractivity contribution in [2.75, 3.05) is 12.4 Å². The van der Waals surface area contributed by atoms with Gasteiger partial charge in [0, 0.05) is 36.9 Å². The van der Waals surface area contributed by atoms with Gasteiger partial charge in [-0.1, -0.05) is 12.1 Å². The summed E-state index contributed by atoms with van der Waals surface area (Å²) in [5.41, 5.74) is 4.87. The summed E-state index contributed by atoms with van der Waals surface area (Å²) in [6.07, 6.45) is 5.59. The van der Waals surface area contributed by atoms with Crippen molar-refractivity contribution < 1.29 is 9.53 Å². The van der Waals surface area contributed by atoms with Crippen LogP contribution in [0, 0.1) is 6.92 Å². The normalized spacial score (nSPS) is 10.9. The third-order valence-corrected chi connectivity index (χ3v) is 4.26. The number of aromatic nitrogens is 4. The number of ether oxygens (including phenoxy) is 1. The molecule has 0 spiro atoms. The number of methoxy groups -OCH3 is 1. The summed E-state index contributed by atoms with van der Waals surface area (Å²) in [5, 5.41) is 7.00. The predicted molar refractivity (Wildman–Crippen MR) is 103 cm³/mol. The molecular formula is C20H19N5O2. The standard InChI is InChI=1S/C20H19N5O2/c1-13-7-8-25-12-17(22-18(25)9-13)14-5-4-6-15(10-14)21-19(26)16-11-24(2)23-20(16)27-3/h4-12H,1-3H3,(H,21,26). The van der Waals surface area contributed by atoms with Gasteiger partial charge >= 0.3 is 0 Å². The molecule has 0 aliphatic carbocycles. The first kappa shape index (κ1) is 16.8. The van der Waals surface area contributed by atoms with Crippen LogP contribution in [0.1, 0.15) is 15.9 Å². The van der Waals surface area contributed by atoms with Crippen molar-refractivity contribution in [2.24, 2.45) is 7.05 Å². The molecule has 0 saturated carbocycles. The van der Waals surface area contributed by atoms with Crippen molar-refractivity contribution in [1.29, 1.82) is 0 Å². The first-order valence-electron chi connectivity index (χ1n) is 8.48. The fourth-order valence-corrected chi connectivity index (χ4v) is 2.95. The lowest BCUT2D eigenvalue weighted by Gasteiger charge is -2.06. The average molecular weight is 361 g/mol. The number of benzene rings is 1. The Balaban J connectivity index is 1.62. The second kappa shape index (κ2) is 6.60. The van der Waals surface area contributed by atoms with Gasteiger partial charge in [-0.25, -0.2) is 4.98 Å². The number of carbonyl (C=O) groups excluding carboxylic acids is 1. The van der Waals surface area contributed by atoms with Gasteiger partial charge in [0.2, 0.25) is 5.88 Å². The molecular weight excluding hydrogens is 342 g/mol. The van der Waals surface area contributed by atoms with E-state index >= 15 is 0 Å². The molecule has 1 amide bonds. The topological polar surface area (TPSA) is 73.5 Å². The van der Waals surface area contributed by atoms with E-state index in [1.807, 2.05) is 60.1 Å². The van der Waals surface area contributed by atoms with E-state index in [1.165, 1.54) is 7.11 Å². The van der Waals surface area contributed by atoms with Gasteiger partial charge in [-0.2, -0.15) is 0 Å². The summed E-state index contributed by atoms with van der Waals surface area (Å²) in [6, 6.07) is 11.7. The third-order valence-electron chi connectivity index (χ3n) is 4.26. The van der Waals surface area contributed by atoms with E-state index < -0.39 is 0 Å². The largest absolute Gasteiger partial charge is 0.479 e. The molecule has 27 heavy (non-hydrogen) atoms. The molecule has 136 valence electrons. The lowest BCUT2D eigenvalue weighted by Crippen LogP contribution is -2.12. The molecule has 3 aromatic heterocycles.